The molecule has 1 N–H and O–H groups in total. The van der Waals surface area contributed by atoms with E-state index in [0.29, 0.717) is 0 Å². The molecule has 1 heterocycles. The Morgan fingerprint density at radius 2 is 1.94 bits per heavy atom. The van der Waals surface area contributed by atoms with Crippen LogP contribution in [0.5, 0.6) is 0 Å². The van der Waals surface area contributed by atoms with Crippen LogP contribution in [-0.2, 0) is 10.2 Å². The average Bonchev–Trinajstić information content (AvgIpc) is 2.25. The molecule has 94 valence electrons. The number of benzene rings is 1. The van der Waals surface area contributed by atoms with Gasteiger partial charge >= 0.3 is 0 Å². The Bertz CT molecular complexity index is 600. The molecule has 18 heavy (non-hydrogen) atoms. The van der Waals surface area contributed by atoms with Gasteiger partial charge in [-0.3, -0.25) is 4.79 Å². The van der Waals surface area contributed by atoms with Crippen LogP contribution in [0, 0.1) is 0 Å². The molecule has 0 fully saturated rings. The lowest BCUT2D eigenvalue weighted by Crippen LogP contribution is -2.14. The van der Waals surface area contributed by atoms with E-state index < -0.39 is 0 Å². The molecular formula is C14H17N3O. The number of nitrogens with one attached hydrogen (secondary N) is 1. The van der Waals surface area contributed by atoms with Crippen LogP contribution in [0.3, 0.4) is 0 Å². The lowest BCUT2D eigenvalue weighted by atomic mass is 9.89. The standard InChI is InChI=1S/C14H17N3O/c1-9(18)17-10-5-6-11-12(7-10)15-8-16-13(11)14(2,3)4/h5-8H,1-4H3,(H,17,18). The summed E-state index contributed by atoms with van der Waals surface area (Å²) in [6.45, 7) is 7.86. The summed E-state index contributed by atoms with van der Waals surface area (Å²) in [7, 11) is 0. The minimum Gasteiger partial charge on any atom is -0.326 e. The molecule has 0 atom stereocenters. The maximum absolute atomic E-state index is 11.0. The molecule has 0 aliphatic rings. The fourth-order valence-electron chi connectivity index (χ4n) is 1.94. The van der Waals surface area contributed by atoms with Crippen LogP contribution in [0.1, 0.15) is 33.4 Å². The highest BCUT2D eigenvalue weighted by molar-refractivity contribution is 5.92. The van der Waals surface area contributed by atoms with Crippen LogP contribution >= 0.6 is 0 Å². The van der Waals surface area contributed by atoms with Crippen molar-refractivity contribution >= 4 is 22.5 Å². The Hall–Kier alpha value is -1.97. The summed E-state index contributed by atoms with van der Waals surface area (Å²) >= 11 is 0. The van der Waals surface area contributed by atoms with Crippen molar-refractivity contribution in [3.05, 3.63) is 30.2 Å². The summed E-state index contributed by atoms with van der Waals surface area (Å²) in [5.74, 6) is -0.0838. The molecular weight excluding hydrogens is 226 g/mol. The number of carbonyl (C=O) groups excluding carboxylic acids is 1. The highest BCUT2D eigenvalue weighted by atomic mass is 16.1. The van der Waals surface area contributed by atoms with E-state index in [1.807, 2.05) is 18.2 Å². The Labute approximate surface area is 106 Å². The van der Waals surface area contributed by atoms with E-state index in [1.54, 1.807) is 6.33 Å². The maximum atomic E-state index is 11.0. The van der Waals surface area contributed by atoms with Crippen LogP contribution in [0.2, 0.25) is 0 Å². The smallest absolute Gasteiger partial charge is 0.221 e. The topological polar surface area (TPSA) is 54.9 Å². The molecule has 0 saturated heterocycles. The number of nitrogens with zero attached hydrogens (tertiary/aromatic N) is 2. The molecule has 4 heteroatoms. The molecule has 2 aromatic rings. The van der Waals surface area contributed by atoms with Gasteiger partial charge in [0.1, 0.15) is 6.33 Å². The Morgan fingerprint density at radius 3 is 2.56 bits per heavy atom. The average molecular weight is 243 g/mol. The molecule has 0 unspecified atom stereocenters. The second kappa shape index (κ2) is 4.37. The van der Waals surface area contributed by atoms with Gasteiger partial charge in [0.25, 0.3) is 0 Å². The molecule has 1 aromatic carbocycles. The summed E-state index contributed by atoms with van der Waals surface area (Å²) in [6, 6.07) is 5.71. The fourth-order valence-corrected chi connectivity index (χ4v) is 1.94. The van der Waals surface area contributed by atoms with E-state index in [1.165, 1.54) is 6.92 Å². The first-order valence-electron chi connectivity index (χ1n) is 5.91. The summed E-state index contributed by atoms with van der Waals surface area (Å²) in [5.41, 5.74) is 2.59. The first kappa shape index (κ1) is 12.5. The summed E-state index contributed by atoms with van der Waals surface area (Å²) in [6.07, 6.45) is 1.57. The Morgan fingerprint density at radius 1 is 1.22 bits per heavy atom. The molecule has 0 spiro atoms. The number of carbonyl (C=O) groups is 1. The zero-order valence-electron chi connectivity index (χ0n) is 11.1. The first-order chi connectivity index (χ1) is 8.38. The number of amides is 1. The van der Waals surface area contributed by atoms with E-state index in [9.17, 15) is 4.79 Å². The van der Waals surface area contributed by atoms with Crippen LogP contribution in [0.4, 0.5) is 5.69 Å². The third-order valence-electron chi connectivity index (χ3n) is 2.67. The third-order valence-corrected chi connectivity index (χ3v) is 2.67. The quantitative estimate of drug-likeness (QED) is 0.837. The number of aromatic nitrogens is 2. The summed E-state index contributed by atoms with van der Waals surface area (Å²) in [4.78, 5) is 19.7. The minimum absolute atomic E-state index is 0.0310. The molecule has 0 radical (unpaired) electrons. The molecule has 0 bridgehead atoms. The Balaban J connectivity index is 2.57. The molecule has 2 rings (SSSR count). The molecule has 0 aliphatic heterocycles. The van der Waals surface area contributed by atoms with Gasteiger partial charge in [0.15, 0.2) is 0 Å². The van der Waals surface area contributed by atoms with Crippen molar-refractivity contribution in [2.75, 3.05) is 5.32 Å². The van der Waals surface area contributed by atoms with E-state index in [-0.39, 0.29) is 11.3 Å². The van der Waals surface area contributed by atoms with E-state index in [0.717, 1.165) is 22.3 Å². The number of hydrogen-bond acceptors (Lipinski definition) is 3. The zero-order valence-corrected chi connectivity index (χ0v) is 11.1. The van der Waals surface area contributed by atoms with E-state index in [4.69, 9.17) is 0 Å². The second-order valence-corrected chi connectivity index (χ2v) is 5.39. The van der Waals surface area contributed by atoms with Crippen molar-refractivity contribution in [3.8, 4) is 0 Å². The molecule has 1 aromatic heterocycles. The van der Waals surface area contributed by atoms with Crippen molar-refractivity contribution < 1.29 is 4.79 Å². The van der Waals surface area contributed by atoms with Crippen molar-refractivity contribution in [1.29, 1.82) is 0 Å². The van der Waals surface area contributed by atoms with Crippen LogP contribution < -0.4 is 5.32 Å². The Kier molecular flexibility index (Phi) is 3.03. The lowest BCUT2D eigenvalue weighted by molar-refractivity contribution is -0.114. The van der Waals surface area contributed by atoms with Gasteiger partial charge in [-0.1, -0.05) is 20.8 Å². The normalized spacial score (nSPS) is 11.6. The third kappa shape index (κ3) is 2.47. The highest BCUT2D eigenvalue weighted by Gasteiger charge is 2.18. The summed E-state index contributed by atoms with van der Waals surface area (Å²) < 4.78 is 0. The number of fused-ring (bicyclic) bond motifs is 1. The van der Waals surface area contributed by atoms with E-state index in [2.05, 4.69) is 36.1 Å². The number of hydrogen-bond donors (Lipinski definition) is 1. The van der Waals surface area contributed by atoms with Gasteiger partial charge in [-0.15, -0.1) is 0 Å². The van der Waals surface area contributed by atoms with Gasteiger partial charge in [-0.25, -0.2) is 9.97 Å². The van der Waals surface area contributed by atoms with Gasteiger partial charge in [0, 0.05) is 23.4 Å². The predicted octanol–water partition coefficient (Wildman–Crippen LogP) is 2.89. The fraction of sp³-hybridized carbons (Fsp3) is 0.357. The first-order valence-corrected chi connectivity index (χ1v) is 5.91. The largest absolute Gasteiger partial charge is 0.326 e. The van der Waals surface area contributed by atoms with Crippen molar-refractivity contribution in [1.82, 2.24) is 9.97 Å². The van der Waals surface area contributed by atoms with E-state index >= 15 is 0 Å². The van der Waals surface area contributed by atoms with Crippen LogP contribution in [0.15, 0.2) is 24.5 Å². The molecule has 4 nitrogen and oxygen atoms in total. The SMILES string of the molecule is CC(=O)Nc1ccc2c(C(C)(C)C)ncnc2c1. The lowest BCUT2D eigenvalue weighted by Gasteiger charge is -2.19. The van der Waals surface area contributed by atoms with Crippen molar-refractivity contribution in [3.63, 3.8) is 0 Å². The van der Waals surface area contributed by atoms with Gasteiger partial charge in [0.2, 0.25) is 5.91 Å². The van der Waals surface area contributed by atoms with Gasteiger partial charge < -0.3 is 5.32 Å². The molecule has 0 saturated carbocycles. The predicted molar refractivity (Wildman–Crippen MR) is 72.5 cm³/mol. The van der Waals surface area contributed by atoms with Gasteiger partial charge in [0.05, 0.1) is 11.2 Å². The number of anilines is 1. The molecule has 1 amide bonds. The van der Waals surface area contributed by atoms with Gasteiger partial charge in [-0.05, 0) is 18.2 Å². The number of rotatable bonds is 1. The highest BCUT2D eigenvalue weighted by Crippen LogP contribution is 2.28. The molecule has 0 aliphatic carbocycles. The second-order valence-electron chi connectivity index (χ2n) is 5.39. The minimum atomic E-state index is -0.0838. The van der Waals surface area contributed by atoms with Crippen molar-refractivity contribution in [2.45, 2.75) is 33.1 Å². The summed E-state index contributed by atoms with van der Waals surface area (Å²) in [5, 5.41) is 3.78. The monoisotopic (exact) mass is 243 g/mol. The van der Waals surface area contributed by atoms with Crippen LogP contribution in [-0.4, -0.2) is 15.9 Å². The van der Waals surface area contributed by atoms with Gasteiger partial charge in [-0.2, -0.15) is 0 Å². The van der Waals surface area contributed by atoms with Crippen molar-refractivity contribution in [2.24, 2.45) is 0 Å². The van der Waals surface area contributed by atoms with Crippen LogP contribution in [0.25, 0.3) is 10.9 Å². The maximum Gasteiger partial charge on any atom is 0.221 e. The zero-order chi connectivity index (χ0) is 13.3.